The standard InChI is InChI=1S/C24H38N2O14P2.Fe.2Li/c27-7-15-3-17(9-29)18(24(34)4-15)5-25(13-41(35,36)37)21(11-31)22(12-32)26(14-42(38,39)40)6-19-20(10-30)16(8-28)1-2-23(19)33;;;/h1-4,21-22,27-34H,5-14H2,(H2,35,36,37)(H2,38,39,40);;;/q;+2;2*+1/p-1/t21-,22?;;;/m1.../s1. The molecule has 0 spiro atoms. The predicted octanol–water partition coefficient (Wildman–Crippen LogP) is -8.26. The summed E-state index contributed by atoms with van der Waals surface area (Å²) in [6, 6.07) is 1.95. The molecule has 0 aliphatic heterocycles. The summed E-state index contributed by atoms with van der Waals surface area (Å²) in [5.74, 6) is -0.904. The second kappa shape index (κ2) is 21.0. The van der Waals surface area contributed by atoms with Gasteiger partial charge in [0, 0.05) is 24.2 Å². The molecule has 3 atom stereocenters. The summed E-state index contributed by atoms with van der Waals surface area (Å²) >= 11 is 0. The van der Waals surface area contributed by atoms with Gasteiger partial charge in [-0.2, -0.15) is 0 Å². The first kappa shape index (κ1) is 46.9. The van der Waals surface area contributed by atoms with Crippen molar-refractivity contribution in [1.29, 1.82) is 0 Å². The summed E-state index contributed by atoms with van der Waals surface area (Å²) in [7, 11) is -10.1. The average Bonchev–Trinajstić information content (AvgIpc) is 2.91. The topological polar surface area (TPSA) is 286 Å². The van der Waals surface area contributed by atoms with E-state index in [0.29, 0.717) is 0 Å². The molecule has 2 rings (SSSR count). The van der Waals surface area contributed by atoms with E-state index >= 15 is 0 Å². The Balaban J connectivity index is 0. The number of phenols is 2. The van der Waals surface area contributed by atoms with Crippen LogP contribution >= 0.6 is 15.2 Å². The first-order valence-electron chi connectivity index (χ1n) is 12.5. The normalized spacial score (nSPS) is 14.2. The van der Waals surface area contributed by atoms with Gasteiger partial charge < -0.3 is 65.0 Å². The van der Waals surface area contributed by atoms with E-state index in [9.17, 15) is 69.6 Å². The molecule has 0 amide bonds. The van der Waals surface area contributed by atoms with Crippen molar-refractivity contribution in [1.82, 2.24) is 9.80 Å². The monoisotopic (exact) mass is 709 g/mol. The zero-order valence-corrected chi connectivity index (χ0v) is 27.7. The largest absolute Gasteiger partial charge is 2.00 e. The van der Waals surface area contributed by atoms with Crippen molar-refractivity contribution in [2.24, 2.45) is 0 Å². The van der Waals surface area contributed by atoms with Gasteiger partial charge in [-0.3, -0.25) is 14.4 Å². The molecule has 0 bridgehead atoms. The van der Waals surface area contributed by atoms with E-state index in [1.165, 1.54) is 18.2 Å². The van der Waals surface area contributed by atoms with Crippen molar-refractivity contribution in [3.63, 3.8) is 0 Å². The van der Waals surface area contributed by atoms with Gasteiger partial charge >= 0.3 is 62.4 Å². The van der Waals surface area contributed by atoms with Crippen LogP contribution in [0.25, 0.3) is 0 Å². The van der Waals surface area contributed by atoms with E-state index in [1.54, 1.807) is 0 Å². The molecule has 16 nitrogen and oxygen atoms in total. The van der Waals surface area contributed by atoms with Crippen LogP contribution in [-0.2, 0) is 65.7 Å². The first-order chi connectivity index (χ1) is 19.6. The van der Waals surface area contributed by atoms with Gasteiger partial charge in [-0.25, -0.2) is 0 Å². The predicted molar refractivity (Wildman–Crippen MR) is 144 cm³/mol. The van der Waals surface area contributed by atoms with Crippen LogP contribution in [0.15, 0.2) is 24.3 Å². The minimum Gasteiger partial charge on any atom is -0.778 e. The molecule has 0 radical (unpaired) electrons. The fourth-order valence-corrected chi connectivity index (χ4v) is 6.37. The number of hydrogen-bond donors (Lipinski definition) is 11. The fraction of sp³-hybridized carbons (Fsp3) is 0.500. The molecule has 0 saturated carbocycles. The molecule has 2 aromatic carbocycles. The van der Waals surface area contributed by atoms with Crippen molar-refractivity contribution in [3.05, 3.63) is 57.6 Å². The zero-order chi connectivity index (χ0) is 31.8. The Morgan fingerprint density at radius 1 is 0.667 bits per heavy atom. The molecular formula is C24H37FeLi2N2O14P2+3. The van der Waals surface area contributed by atoms with Crippen LogP contribution in [0.4, 0.5) is 0 Å². The third-order valence-corrected chi connectivity index (χ3v) is 8.22. The summed E-state index contributed by atoms with van der Waals surface area (Å²) in [6.07, 6.45) is -2.25. The second-order valence-electron chi connectivity index (χ2n) is 9.66. The van der Waals surface area contributed by atoms with Crippen LogP contribution in [-0.4, -0.2) is 103 Å². The molecule has 2 aromatic rings. The molecule has 0 aliphatic rings. The van der Waals surface area contributed by atoms with E-state index in [0.717, 1.165) is 15.9 Å². The molecule has 21 heteroatoms. The minimum absolute atomic E-state index is 0. The van der Waals surface area contributed by atoms with Crippen LogP contribution in [0, 0.1) is 0 Å². The molecule has 0 saturated heterocycles. The molecule has 45 heavy (non-hydrogen) atoms. The zero-order valence-electron chi connectivity index (χ0n) is 24.8. The van der Waals surface area contributed by atoms with Gasteiger partial charge in [0.15, 0.2) is 0 Å². The average molecular weight is 709 g/mol. The van der Waals surface area contributed by atoms with Crippen LogP contribution < -0.4 is 42.6 Å². The van der Waals surface area contributed by atoms with Crippen molar-refractivity contribution in [3.8, 4) is 11.5 Å². The van der Waals surface area contributed by atoms with Crippen molar-refractivity contribution >= 4 is 15.2 Å². The van der Waals surface area contributed by atoms with Gasteiger partial charge in [0.2, 0.25) is 0 Å². The Hall–Kier alpha value is -0.266. The number of phenolic OH excluding ortho intramolecular Hbond substituents is 2. The molecule has 0 aliphatic carbocycles. The number of nitrogens with zero attached hydrogens (tertiary/aromatic N) is 2. The van der Waals surface area contributed by atoms with E-state index in [2.05, 4.69) is 0 Å². The number of benzene rings is 2. The van der Waals surface area contributed by atoms with E-state index in [1.807, 2.05) is 0 Å². The van der Waals surface area contributed by atoms with Crippen LogP contribution in [0.3, 0.4) is 0 Å². The van der Waals surface area contributed by atoms with Gasteiger partial charge in [0.05, 0.1) is 58.0 Å². The Morgan fingerprint density at radius 3 is 1.60 bits per heavy atom. The summed E-state index contributed by atoms with van der Waals surface area (Å²) in [4.78, 5) is 43.2. The van der Waals surface area contributed by atoms with Gasteiger partial charge in [0.1, 0.15) is 25.4 Å². The minimum atomic E-state index is -5.17. The van der Waals surface area contributed by atoms with Crippen LogP contribution in [0.5, 0.6) is 11.5 Å². The fourth-order valence-electron chi connectivity index (χ4n) is 4.82. The maximum absolute atomic E-state index is 12.1. The molecule has 2 unspecified atom stereocenters. The Bertz CT molecular complexity index is 1300. The first-order valence-corrected chi connectivity index (χ1v) is 16.1. The van der Waals surface area contributed by atoms with Gasteiger partial charge in [0.25, 0.3) is 0 Å². The van der Waals surface area contributed by atoms with Crippen molar-refractivity contribution in [2.75, 3.05) is 25.8 Å². The Morgan fingerprint density at radius 2 is 1.18 bits per heavy atom. The van der Waals surface area contributed by atoms with Crippen LogP contribution in [0.2, 0.25) is 0 Å². The van der Waals surface area contributed by atoms with E-state index in [-0.39, 0.29) is 88.2 Å². The van der Waals surface area contributed by atoms with Gasteiger partial charge in [-0.05, 0) is 34.4 Å². The summed E-state index contributed by atoms with van der Waals surface area (Å²) in [5, 5.41) is 80.7. The quantitative estimate of drug-likeness (QED) is 0.0537. The summed E-state index contributed by atoms with van der Waals surface area (Å²) in [6.45, 7) is -5.46. The van der Waals surface area contributed by atoms with Crippen molar-refractivity contribution in [2.45, 2.75) is 51.6 Å². The van der Waals surface area contributed by atoms with Crippen LogP contribution in [0.1, 0.15) is 33.4 Å². The molecule has 0 aromatic heterocycles. The number of hydrogen-bond acceptors (Lipinski definition) is 13. The molecular weight excluding hydrogens is 672 g/mol. The third kappa shape index (κ3) is 13.6. The Labute approximate surface area is 294 Å². The molecule has 11 N–H and O–H groups in total. The smallest absolute Gasteiger partial charge is 0.778 e. The molecule has 0 heterocycles. The maximum Gasteiger partial charge on any atom is 2.00 e. The number of rotatable bonds is 17. The maximum atomic E-state index is 12.1. The Kier molecular flexibility index (Phi) is 21.8. The molecule has 244 valence electrons. The number of aliphatic hydroxyl groups is 6. The van der Waals surface area contributed by atoms with E-state index in [4.69, 9.17) is 0 Å². The van der Waals surface area contributed by atoms with Gasteiger partial charge in [-0.1, -0.05) is 12.1 Å². The third-order valence-electron chi connectivity index (χ3n) is 6.77. The molecule has 0 fully saturated rings. The second-order valence-corrected chi connectivity index (χ2v) is 12.8. The number of aromatic hydroxyl groups is 2. The number of aliphatic hydroxyl groups excluding tert-OH is 6. The summed E-state index contributed by atoms with van der Waals surface area (Å²) < 4.78 is 24.2. The van der Waals surface area contributed by atoms with Gasteiger partial charge in [-0.15, -0.1) is 0 Å². The SMILES string of the molecule is O=P([O-])(O)CN(Cc1c(O)cc(CO)cc1CO)[C@H](CO)C(CO)N(Cc1c(O)ccc(CO)c1CO)CP(=O)(O)O.[Fe+2].[Li+].[Li+]. The van der Waals surface area contributed by atoms with E-state index < -0.39 is 104 Å². The summed E-state index contributed by atoms with van der Waals surface area (Å²) in [5.41, 5.74) is 0.362. The van der Waals surface area contributed by atoms with Crippen molar-refractivity contribution < 1.29 is 124 Å².